The molecule has 3 heterocycles. The van der Waals surface area contributed by atoms with E-state index in [1.807, 2.05) is 0 Å². The molecule has 0 saturated heterocycles. The van der Waals surface area contributed by atoms with Gasteiger partial charge < -0.3 is 10.1 Å². The molecule has 0 radical (unpaired) electrons. The minimum Gasteiger partial charge on any atom is -0.465 e. The van der Waals surface area contributed by atoms with Gasteiger partial charge in [-0.05, 0) is 39.4 Å². The molecule has 3 aromatic rings. The van der Waals surface area contributed by atoms with Crippen LogP contribution in [0.15, 0.2) is 33.8 Å². The molecular formula is C13H11N5O4S2. The van der Waals surface area contributed by atoms with Crippen LogP contribution in [0.2, 0.25) is 0 Å². The van der Waals surface area contributed by atoms with Crippen LogP contribution in [0.4, 0.5) is 5.69 Å². The predicted molar refractivity (Wildman–Crippen MR) is 87.8 cm³/mol. The Labute approximate surface area is 143 Å². The molecule has 24 heavy (non-hydrogen) atoms. The maximum absolute atomic E-state index is 12.2. The Hall–Kier alpha value is -2.79. The van der Waals surface area contributed by atoms with E-state index in [2.05, 4.69) is 20.5 Å². The summed E-state index contributed by atoms with van der Waals surface area (Å²) in [6, 6.07) is 5.09. The van der Waals surface area contributed by atoms with Crippen molar-refractivity contribution in [3.63, 3.8) is 0 Å². The number of anilines is 1. The van der Waals surface area contributed by atoms with Gasteiger partial charge in [0.1, 0.15) is 16.4 Å². The van der Waals surface area contributed by atoms with Crippen LogP contribution in [0.5, 0.6) is 0 Å². The lowest BCUT2D eigenvalue weighted by molar-refractivity contribution is -0.117. The second-order valence-corrected chi connectivity index (χ2v) is 6.33. The van der Waals surface area contributed by atoms with Crippen molar-refractivity contribution in [1.82, 2.24) is 19.8 Å². The van der Waals surface area contributed by atoms with Crippen molar-refractivity contribution in [3.05, 3.63) is 44.3 Å². The number of amides is 1. The summed E-state index contributed by atoms with van der Waals surface area (Å²) in [6.45, 7) is -0.319. The highest BCUT2D eigenvalue weighted by molar-refractivity contribution is 7.12. The first-order valence-electron chi connectivity index (χ1n) is 6.62. The zero-order valence-corrected chi connectivity index (χ0v) is 14.0. The SMILES string of the molecule is COC(=O)c1sccc1NC(=O)Cn1nnn(-c2cccs2)c1=O. The highest BCUT2D eigenvalue weighted by Gasteiger charge is 2.17. The van der Waals surface area contributed by atoms with E-state index in [9.17, 15) is 14.4 Å². The molecule has 124 valence electrons. The normalized spacial score (nSPS) is 10.5. The van der Waals surface area contributed by atoms with Crippen LogP contribution in [0.25, 0.3) is 5.00 Å². The van der Waals surface area contributed by atoms with E-state index in [-0.39, 0.29) is 11.4 Å². The van der Waals surface area contributed by atoms with Crippen LogP contribution < -0.4 is 11.0 Å². The lowest BCUT2D eigenvalue weighted by Crippen LogP contribution is -2.29. The van der Waals surface area contributed by atoms with Crippen molar-refractivity contribution in [2.24, 2.45) is 0 Å². The summed E-state index contributed by atoms with van der Waals surface area (Å²) in [5.41, 5.74) is -0.193. The third-order valence-corrected chi connectivity index (χ3v) is 4.70. The number of carbonyl (C=O) groups is 2. The number of rotatable bonds is 5. The number of carbonyl (C=O) groups excluding carboxylic acids is 2. The zero-order chi connectivity index (χ0) is 17.1. The number of thiophene rings is 2. The molecule has 1 amide bonds. The fraction of sp³-hybridized carbons (Fsp3) is 0.154. The maximum atomic E-state index is 12.2. The van der Waals surface area contributed by atoms with Gasteiger partial charge in [0.15, 0.2) is 0 Å². The molecule has 1 N–H and O–H groups in total. The topological polar surface area (TPSA) is 108 Å². The third kappa shape index (κ3) is 3.12. The molecule has 0 unspecified atom stereocenters. The van der Waals surface area contributed by atoms with E-state index < -0.39 is 17.6 Å². The van der Waals surface area contributed by atoms with E-state index in [0.717, 1.165) is 20.7 Å². The zero-order valence-electron chi connectivity index (χ0n) is 12.3. The van der Waals surface area contributed by atoms with Crippen LogP contribution in [-0.2, 0) is 16.1 Å². The monoisotopic (exact) mass is 365 g/mol. The summed E-state index contributed by atoms with van der Waals surface area (Å²) >= 11 is 2.48. The maximum Gasteiger partial charge on any atom is 0.369 e. The molecule has 0 aromatic carbocycles. The Bertz CT molecular complexity index is 924. The van der Waals surface area contributed by atoms with Gasteiger partial charge in [-0.1, -0.05) is 0 Å². The van der Waals surface area contributed by atoms with Crippen LogP contribution in [0, 0.1) is 0 Å². The Morgan fingerprint density at radius 2 is 2.08 bits per heavy atom. The number of nitrogens with one attached hydrogen (secondary N) is 1. The van der Waals surface area contributed by atoms with Crippen molar-refractivity contribution in [3.8, 4) is 5.00 Å². The first-order valence-corrected chi connectivity index (χ1v) is 8.38. The number of nitrogens with zero attached hydrogens (tertiary/aromatic N) is 4. The number of ether oxygens (including phenoxy) is 1. The molecule has 0 spiro atoms. The molecule has 9 nitrogen and oxygen atoms in total. The number of methoxy groups -OCH3 is 1. The van der Waals surface area contributed by atoms with Crippen LogP contribution in [-0.4, -0.2) is 38.8 Å². The molecule has 0 fully saturated rings. The number of hydrogen-bond acceptors (Lipinski definition) is 8. The Morgan fingerprint density at radius 3 is 2.79 bits per heavy atom. The molecule has 11 heteroatoms. The van der Waals surface area contributed by atoms with Crippen LogP contribution >= 0.6 is 22.7 Å². The fourth-order valence-electron chi connectivity index (χ4n) is 1.89. The minimum absolute atomic E-state index is 0.278. The molecular weight excluding hydrogens is 354 g/mol. The third-order valence-electron chi connectivity index (χ3n) is 2.96. The first kappa shape index (κ1) is 16.1. The number of hydrogen-bond donors (Lipinski definition) is 1. The van der Waals surface area contributed by atoms with Crippen molar-refractivity contribution in [1.29, 1.82) is 0 Å². The smallest absolute Gasteiger partial charge is 0.369 e. The van der Waals surface area contributed by atoms with Gasteiger partial charge in [0, 0.05) is 0 Å². The van der Waals surface area contributed by atoms with E-state index >= 15 is 0 Å². The molecule has 0 saturated carbocycles. The first-order chi connectivity index (χ1) is 11.6. The lowest BCUT2D eigenvalue weighted by Gasteiger charge is -2.04. The molecule has 0 aliphatic heterocycles. The van der Waals surface area contributed by atoms with Gasteiger partial charge in [-0.2, -0.15) is 9.36 Å². The summed E-state index contributed by atoms with van der Waals surface area (Å²) in [4.78, 5) is 36.1. The summed E-state index contributed by atoms with van der Waals surface area (Å²) in [5, 5.41) is 14.1. The summed E-state index contributed by atoms with van der Waals surface area (Å²) in [6.07, 6.45) is 0. The molecule has 3 rings (SSSR count). The van der Waals surface area contributed by atoms with Gasteiger partial charge in [0.25, 0.3) is 0 Å². The average molecular weight is 365 g/mol. The summed E-state index contributed by atoms with van der Waals surface area (Å²) in [5.74, 6) is -1.04. The van der Waals surface area contributed by atoms with Crippen molar-refractivity contribution >= 4 is 40.2 Å². The van der Waals surface area contributed by atoms with Crippen LogP contribution in [0.1, 0.15) is 9.67 Å². The number of tetrazole rings is 1. The Morgan fingerprint density at radius 1 is 1.25 bits per heavy atom. The van der Waals surface area contributed by atoms with E-state index in [4.69, 9.17) is 0 Å². The second-order valence-electron chi connectivity index (χ2n) is 4.49. The van der Waals surface area contributed by atoms with E-state index in [1.165, 1.54) is 18.4 Å². The lowest BCUT2D eigenvalue weighted by atomic mass is 10.3. The molecule has 0 bridgehead atoms. The van der Waals surface area contributed by atoms with Gasteiger partial charge >= 0.3 is 11.7 Å². The highest BCUT2D eigenvalue weighted by atomic mass is 32.1. The standard InChI is InChI=1S/C13H11N5O4S2/c1-22-12(20)11-8(4-6-24-11)14-9(19)7-17-13(21)18(16-15-17)10-3-2-5-23-10/h2-6H,7H2,1H3,(H,14,19). The quantitative estimate of drug-likeness (QED) is 0.675. The molecule has 0 aliphatic carbocycles. The Kier molecular flexibility index (Phi) is 4.53. The summed E-state index contributed by atoms with van der Waals surface area (Å²) in [7, 11) is 1.26. The average Bonchev–Trinajstić information content (AvgIpc) is 3.29. The van der Waals surface area contributed by atoms with Gasteiger partial charge in [0.2, 0.25) is 5.91 Å². The molecule has 0 aliphatic rings. The molecule has 3 aromatic heterocycles. The van der Waals surface area contributed by atoms with Crippen molar-refractivity contribution in [2.45, 2.75) is 6.54 Å². The van der Waals surface area contributed by atoms with E-state index in [1.54, 1.807) is 29.0 Å². The van der Waals surface area contributed by atoms with Gasteiger partial charge in [0.05, 0.1) is 12.8 Å². The van der Waals surface area contributed by atoms with E-state index in [0.29, 0.717) is 10.7 Å². The number of aromatic nitrogens is 4. The molecule has 0 atom stereocenters. The highest BCUT2D eigenvalue weighted by Crippen LogP contribution is 2.23. The minimum atomic E-state index is -0.541. The Balaban J connectivity index is 1.74. The van der Waals surface area contributed by atoms with Crippen molar-refractivity contribution < 1.29 is 14.3 Å². The van der Waals surface area contributed by atoms with Crippen molar-refractivity contribution in [2.75, 3.05) is 12.4 Å². The van der Waals surface area contributed by atoms with Crippen LogP contribution in [0.3, 0.4) is 0 Å². The van der Waals surface area contributed by atoms with Gasteiger partial charge in [-0.15, -0.1) is 22.7 Å². The second kappa shape index (κ2) is 6.76. The fourth-order valence-corrected chi connectivity index (χ4v) is 3.32. The number of esters is 1. The van der Waals surface area contributed by atoms with Gasteiger partial charge in [-0.3, -0.25) is 4.79 Å². The largest absolute Gasteiger partial charge is 0.465 e. The van der Waals surface area contributed by atoms with Gasteiger partial charge in [-0.25, -0.2) is 9.59 Å². The predicted octanol–water partition coefficient (Wildman–Crippen LogP) is 0.977. The summed E-state index contributed by atoms with van der Waals surface area (Å²) < 4.78 is 6.70.